The molecule has 2 N–H and O–H groups in total. The van der Waals surface area contributed by atoms with E-state index >= 15 is 0 Å². The average molecular weight is 115 g/mol. The van der Waals surface area contributed by atoms with E-state index in [4.69, 9.17) is 10.5 Å². The van der Waals surface area contributed by atoms with Crippen LogP contribution in [0.2, 0.25) is 0 Å². The molecule has 0 aromatic heterocycles. The fraction of sp³-hybridized carbons (Fsp3) is 1.00. The summed E-state index contributed by atoms with van der Waals surface area (Å²) in [6.45, 7) is 3.77. The van der Waals surface area contributed by atoms with Crippen molar-refractivity contribution in [3.05, 3.63) is 0 Å². The van der Waals surface area contributed by atoms with E-state index in [-0.39, 0.29) is 0 Å². The van der Waals surface area contributed by atoms with Gasteiger partial charge in [-0.3, -0.25) is 0 Å². The van der Waals surface area contributed by atoms with Crippen LogP contribution >= 0.6 is 0 Å². The van der Waals surface area contributed by atoms with Crippen molar-refractivity contribution in [3.8, 4) is 0 Å². The van der Waals surface area contributed by atoms with Crippen LogP contribution in [0.1, 0.15) is 13.3 Å². The maximum Gasteiger partial charge on any atom is 0.0723 e. The van der Waals surface area contributed by atoms with Gasteiger partial charge in [-0.2, -0.15) is 0 Å². The van der Waals surface area contributed by atoms with Gasteiger partial charge in [0.2, 0.25) is 0 Å². The summed E-state index contributed by atoms with van der Waals surface area (Å²) < 4.78 is 5.29. The van der Waals surface area contributed by atoms with Gasteiger partial charge in [0.05, 0.1) is 6.10 Å². The second-order valence-electron chi connectivity index (χ2n) is 2.41. The zero-order valence-corrected chi connectivity index (χ0v) is 5.26. The van der Waals surface area contributed by atoms with Gasteiger partial charge >= 0.3 is 0 Å². The number of ether oxygens (including phenoxy) is 1. The molecule has 0 bridgehead atoms. The van der Waals surface area contributed by atoms with Crippen LogP contribution in [0, 0.1) is 5.92 Å². The molecule has 2 heteroatoms. The van der Waals surface area contributed by atoms with Gasteiger partial charge < -0.3 is 10.5 Å². The summed E-state index contributed by atoms with van der Waals surface area (Å²) in [4.78, 5) is 0. The summed E-state index contributed by atoms with van der Waals surface area (Å²) in [5.41, 5.74) is 5.40. The first-order valence-corrected chi connectivity index (χ1v) is 3.16. The number of hydrogen-bond donors (Lipinski definition) is 1. The van der Waals surface area contributed by atoms with Gasteiger partial charge in [0.25, 0.3) is 0 Å². The van der Waals surface area contributed by atoms with Crippen molar-refractivity contribution in [1.82, 2.24) is 0 Å². The minimum absolute atomic E-state index is 0.343. The first-order valence-electron chi connectivity index (χ1n) is 3.16. The number of rotatable bonds is 1. The van der Waals surface area contributed by atoms with Crippen LogP contribution in [-0.2, 0) is 4.74 Å². The number of hydrogen-bond acceptors (Lipinski definition) is 2. The minimum Gasteiger partial charge on any atom is -0.377 e. The molecule has 1 aliphatic heterocycles. The fourth-order valence-electron chi connectivity index (χ4n) is 1.06. The van der Waals surface area contributed by atoms with Crippen molar-refractivity contribution in [2.24, 2.45) is 11.7 Å². The third kappa shape index (κ3) is 1.01. The third-order valence-corrected chi connectivity index (χ3v) is 1.77. The first-order chi connectivity index (χ1) is 3.84. The second-order valence-corrected chi connectivity index (χ2v) is 2.41. The molecule has 1 rings (SSSR count). The van der Waals surface area contributed by atoms with Crippen molar-refractivity contribution in [2.75, 3.05) is 13.2 Å². The van der Waals surface area contributed by atoms with Gasteiger partial charge in [-0.15, -0.1) is 0 Å². The predicted molar refractivity (Wildman–Crippen MR) is 32.6 cm³/mol. The lowest BCUT2D eigenvalue weighted by Gasteiger charge is -2.09. The van der Waals surface area contributed by atoms with Crippen molar-refractivity contribution in [3.63, 3.8) is 0 Å². The molecular formula is C6H13NO. The first kappa shape index (κ1) is 6.05. The van der Waals surface area contributed by atoms with Crippen LogP contribution < -0.4 is 5.73 Å². The topological polar surface area (TPSA) is 35.2 Å². The summed E-state index contributed by atoms with van der Waals surface area (Å²) >= 11 is 0. The molecule has 0 spiro atoms. The average Bonchev–Trinajstić information content (AvgIpc) is 2.14. The molecule has 0 amide bonds. The van der Waals surface area contributed by atoms with E-state index in [1.807, 2.05) is 0 Å². The Morgan fingerprint density at radius 3 is 2.75 bits per heavy atom. The lowest BCUT2D eigenvalue weighted by atomic mass is 10.1. The molecule has 0 saturated carbocycles. The Bertz CT molecular complexity index is 74.9. The fourth-order valence-corrected chi connectivity index (χ4v) is 1.06. The van der Waals surface area contributed by atoms with Crippen molar-refractivity contribution >= 4 is 0 Å². The molecule has 48 valence electrons. The van der Waals surface area contributed by atoms with Crippen LogP contribution in [0.4, 0.5) is 0 Å². The summed E-state index contributed by atoms with van der Waals surface area (Å²) in [6, 6.07) is 0. The molecular weight excluding hydrogens is 102 g/mol. The highest BCUT2D eigenvalue weighted by Gasteiger charge is 2.21. The Balaban J connectivity index is 2.30. The Morgan fingerprint density at radius 1 is 1.75 bits per heavy atom. The largest absolute Gasteiger partial charge is 0.377 e. The number of nitrogens with two attached hydrogens (primary N) is 1. The molecule has 0 aliphatic carbocycles. The van der Waals surface area contributed by atoms with Crippen molar-refractivity contribution in [1.29, 1.82) is 0 Å². The zero-order valence-electron chi connectivity index (χ0n) is 5.26. The Morgan fingerprint density at radius 2 is 2.50 bits per heavy atom. The van der Waals surface area contributed by atoms with E-state index in [0.29, 0.717) is 18.6 Å². The highest BCUT2D eigenvalue weighted by atomic mass is 16.5. The van der Waals surface area contributed by atoms with Gasteiger partial charge in [0.1, 0.15) is 0 Å². The molecule has 0 unspecified atom stereocenters. The lowest BCUT2D eigenvalue weighted by Crippen LogP contribution is -2.23. The van der Waals surface area contributed by atoms with Gasteiger partial charge in [-0.1, -0.05) is 6.92 Å². The molecule has 2 nitrogen and oxygen atoms in total. The van der Waals surface area contributed by atoms with Gasteiger partial charge in [-0.05, 0) is 12.3 Å². The van der Waals surface area contributed by atoms with Gasteiger partial charge in [0, 0.05) is 13.2 Å². The van der Waals surface area contributed by atoms with Crippen LogP contribution in [0.15, 0.2) is 0 Å². The van der Waals surface area contributed by atoms with Gasteiger partial charge in [-0.25, -0.2) is 0 Å². The molecule has 0 aromatic carbocycles. The van der Waals surface area contributed by atoms with Crippen LogP contribution in [0.3, 0.4) is 0 Å². The SMILES string of the molecule is C[C@@H]1CCO[C@@H]1CN. The third-order valence-electron chi connectivity index (χ3n) is 1.77. The van der Waals surface area contributed by atoms with Crippen LogP contribution in [0.5, 0.6) is 0 Å². The minimum atomic E-state index is 0.343. The van der Waals surface area contributed by atoms with Crippen LogP contribution in [-0.4, -0.2) is 19.3 Å². The van der Waals surface area contributed by atoms with Crippen molar-refractivity contribution < 1.29 is 4.74 Å². The predicted octanol–water partition coefficient (Wildman–Crippen LogP) is 0.370. The Kier molecular flexibility index (Phi) is 1.86. The quantitative estimate of drug-likeness (QED) is 0.536. The second kappa shape index (κ2) is 2.46. The normalized spacial score (nSPS) is 38.2. The molecule has 1 heterocycles. The summed E-state index contributed by atoms with van der Waals surface area (Å²) in [5, 5.41) is 0. The lowest BCUT2D eigenvalue weighted by molar-refractivity contribution is 0.101. The molecule has 2 atom stereocenters. The molecule has 0 radical (unpaired) electrons. The summed E-state index contributed by atoms with van der Waals surface area (Å²) in [7, 11) is 0. The molecule has 1 fully saturated rings. The maximum absolute atomic E-state index is 5.40. The van der Waals surface area contributed by atoms with Gasteiger partial charge in [0.15, 0.2) is 0 Å². The highest BCUT2D eigenvalue weighted by molar-refractivity contribution is 4.72. The Labute approximate surface area is 50.0 Å². The smallest absolute Gasteiger partial charge is 0.0723 e. The standard InChI is InChI=1S/C6H13NO/c1-5-2-3-8-6(5)4-7/h5-6H,2-4,7H2,1H3/t5-,6-/m1/s1. The van der Waals surface area contributed by atoms with Crippen molar-refractivity contribution in [2.45, 2.75) is 19.4 Å². The van der Waals surface area contributed by atoms with E-state index in [9.17, 15) is 0 Å². The monoisotopic (exact) mass is 115 g/mol. The Hall–Kier alpha value is -0.0800. The zero-order chi connectivity index (χ0) is 5.98. The van der Waals surface area contributed by atoms with E-state index < -0.39 is 0 Å². The van der Waals surface area contributed by atoms with E-state index in [1.54, 1.807) is 0 Å². The maximum atomic E-state index is 5.40. The molecule has 0 aromatic rings. The molecule has 8 heavy (non-hydrogen) atoms. The highest BCUT2D eigenvalue weighted by Crippen LogP contribution is 2.18. The summed E-state index contributed by atoms with van der Waals surface area (Å²) in [6.07, 6.45) is 1.52. The molecule has 1 aliphatic rings. The van der Waals surface area contributed by atoms with E-state index in [0.717, 1.165) is 6.61 Å². The van der Waals surface area contributed by atoms with E-state index in [1.165, 1.54) is 6.42 Å². The van der Waals surface area contributed by atoms with E-state index in [2.05, 4.69) is 6.92 Å². The summed E-state index contributed by atoms with van der Waals surface area (Å²) in [5.74, 6) is 0.681. The molecule has 1 saturated heterocycles. The van der Waals surface area contributed by atoms with Crippen LogP contribution in [0.25, 0.3) is 0 Å².